The third-order valence-electron chi connectivity index (χ3n) is 5.22. The lowest BCUT2D eigenvalue weighted by Crippen LogP contribution is -2.49. The number of benzene rings is 3. The van der Waals surface area contributed by atoms with E-state index < -0.39 is 0 Å². The molecule has 3 aromatic carbocycles. The molecule has 0 unspecified atom stereocenters. The Kier molecular flexibility index (Phi) is 4.93. The van der Waals surface area contributed by atoms with Gasteiger partial charge in [-0.2, -0.15) is 0 Å². The number of nitrogens with zero attached hydrogens (tertiary/aromatic N) is 3. The van der Waals surface area contributed by atoms with E-state index in [1.54, 1.807) is 18.2 Å². The highest BCUT2D eigenvalue weighted by molar-refractivity contribution is 5.85. The maximum atomic E-state index is 12.7. The molecule has 0 spiro atoms. The van der Waals surface area contributed by atoms with E-state index in [2.05, 4.69) is 18.2 Å². The summed E-state index contributed by atoms with van der Waals surface area (Å²) in [6, 6.07) is 21.0. The smallest absolute Gasteiger partial charge is 0.292 e. The Bertz CT molecular complexity index is 1030. The summed E-state index contributed by atoms with van der Waals surface area (Å²) >= 11 is 0. The van der Waals surface area contributed by atoms with E-state index >= 15 is 0 Å². The van der Waals surface area contributed by atoms with Gasteiger partial charge in [-0.25, -0.2) is 0 Å². The standard InChI is InChI=1S/C22H21N3O3/c26-22(16-17-9-10-18-5-1-2-6-19(18)15-17)24-13-11-23(12-14-24)20-7-3-4-8-21(20)25(27)28/h1-10,15H,11-14,16H2. The van der Waals surface area contributed by atoms with Gasteiger partial charge in [0.2, 0.25) is 5.91 Å². The van der Waals surface area contributed by atoms with Crippen LogP contribution in [0.15, 0.2) is 66.7 Å². The molecular formula is C22H21N3O3. The number of carbonyl (C=O) groups is 1. The molecule has 1 heterocycles. The van der Waals surface area contributed by atoms with Crippen molar-refractivity contribution in [2.75, 3.05) is 31.1 Å². The largest absolute Gasteiger partial charge is 0.362 e. The summed E-state index contributed by atoms with van der Waals surface area (Å²) in [7, 11) is 0. The maximum Gasteiger partial charge on any atom is 0.292 e. The normalized spacial score (nSPS) is 14.3. The number of hydrogen-bond donors (Lipinski definition) is 0. The second-order valence-corrected chi connectivity index (χ2v) is 6.97. The molecule has 28 heavy (non-hydrogen) atoms. The van der Waals surface area contributed by atoms with Crippen LogP contribution in [0.1, 0.15) is 5.56 Å². The molecule has 0 N–H and O–H groups in total. The lowest BCUT2D eigenvalue weighted by atomic mass is 10.0. The van der Waals surface area contributed by atoms with Crippen molar-refractivity contribution in [3.8, 4) is 0 Å². The topological polar surface area (TPSA) is 66.7 Å². The molecule has 1 aliphatic rings. The highest BCUT2D eigenvalue weighted by Gasteiger charge is 2.25. The van der Waals surface area contributed by atoms with E-state index in [1.165, 1.54) is 6.07 Å². The Morgan fingerprint density at radius 3 is 2.32 bits per heavy atom. The van der Waals surface area contributed by atoms with Crippen LogP contribution in [0.3, 0.4) is 0 Å². The van der Waals surface area contributed by atoms with Crippen molar-refractivity contribution in [3.63, 3.8) is 0 Å². The molecule has 0 radical (unpaired) electrons. The molecule has 1 fully saturated rings. The van der Waals surface area contributed by atoms with Crippen LogP contribution in [0.5, 0.6) is 0 Å². The molecule has 0 atom stereocenters. The molecule has 4 rings (SSSR count). The Morgan fingerprint density at radius 2 is 1.57 bits per heavy atom. The van der Waals surface area contributed by atoms with Gasteiger partial charge in [0.15, 0.2) is 0 Å². The number of nitro groups is 1. The molecule has 3 aromatic rings. The minimum absolute atomic E-state index is 0.0949. The van der Waals surface area contributed by atoms with Gasteiger partial charge in [-0.05, 0) is 22.4 Å². The summed E-state index contributed by atoms with van der Waals surface area (Å²) in [5, 5.41) is 13.5. The lowest BCUT2D eigenvalue weighted by Gasteiger charge is -2.35. The highest BCUT2D eigenvalue weighted by Crippen LogP contribution is 2.28. The molecule has 0 aromatic heterocycles. The zero-order valence-corrected chi connectivity index (χ0v) is 15.5. The van der Waals surface area contributed by atoms with Crippen molar-refractivity contribution in [2.24, 2.45) is 0 Å². The number of carbonyl (C=O) groups excluding carboxylic acids is 1. The second kappa shape index (κ2) is 7.68. The van der Waals surface area contributed by atoms with Crippen molar-refractivity contribution >= 4 is 28.1 Å². The fourth-order valence-corrected chi connectivity index (χ4v) is 3.72. The van der Waals surface area contributed by atoms with Gasteiger partial charge in [0.05, 0.1) is 11.3 Å². The average Bonchev–Trinajstić information content (AvgIpc) is 2.73. The molecule has 0 bridgehead atoms. The average molecular weight is 375 g/mol. The molecule has 1 amide bonds. The van der Waals surface area contributed by atoms with Gasteiger partial charge in [-0.15, -0.1) is 0 Å². The first-order valence-corrected chi connectivity index (χ1v) is 9.35. The summed E-state index contributed by atoms with van der Waals surface area (Å²) in [5.74, 6) is 0.0949. The summed E-state index contributed by atoms with van der Waals surface area (Å²) in [6.45, 7) is 2.32. The third-order valence-corrected chi connectivity index (χ3v) is 5.22. The first kappa shape index (κ1) is 18.0. The van der Waals surface area contributed by atoms with E-state index in [9.17, 15) is 14.9 Å². The van der Waals surface area contributed by atoms with E-state index in [4.69, 9.17) is 0 Å². The van der Waals surface area contributed by atoms with Crippen LogP contribution >= 0.6 is 0 Å². The maximum absolute atomic E-state index is 12.7. The van der Waals surface area contributed by atoms with E-state index in [0.717, 1.165) is 16.3 Å². The van der Waals surface area contributed by atoms with Crippen molar-refractivity contribution in [1.29, 1.82) is 0 Å². The van der Waals surface area contributed by atoms with Crippen LogP contribution in [-0.2, 0) is 11.2 Å². The number of piperazine rings is 1. The summed E-state index contributed by atoms with van der Waals surface area (Å²) in [4.78, 5) is 27.4. The zero-order chi connectivity index (χ0) is 19.5. The Labute approximate surface area is 163 Å². The SMILES string of the molecule is O=C(Cc1ccc2ccccc2c1)N1CCN(c2ccccc2[N+](=O)[O-])CC1. The number of hydrogen-bond acceptors (Lipinski definition) is 4. The second-order valence-electron chi connectivity index (χ2n) is 6.97. The van der Waals surface area contributed by atoms with Gasteiger partial charge < -0.3 is 9.80 Å². The number of anilines is 1. The van der Waals surface area contributed by atoms with Gasteiger partial charge in [-0.3, -0.25) is 14.9 Å². The molecule has 142 valence electrons. The third kappa shape index (κ3) is 3.67. The van der Waals surface area contributed by atoms with Crippen molar-refractivity contribution < 1.29 is 9.72 Å². The fourth-order valence-electron chi connectivity index (χ4n) is 3.72. The minimum atomic E-state index is -0.355. The lowest BCUT2D eigenvalue weighted by molar-refractivity contribution is -0.384. The van der Waals surface area contributed by atoms with Gasteiger partial charge in [0, 0.05) is 32.2 Å². The fraction of sp³-hybridized carbons (Fsp3) is 0.227. The van der Waals surface area contributed by atoms with Crippen molar-refractivity contribution in [3.05, 3.63) is 82.4 Å². The monoisotopic (exact) mass is 375 g/mol. The van der Waals surface area contributed by atoms with Gasteiger partial charge >= 0.3 is 0 Å². The Hall–Kier alpha value is -3.41. The van der Waals surface area contributed by atoms with Crippen molar-refractivity contribution in [1.82, 2.24) is 4.90 Å². The van der Waals surface area contributed by atoms with Crippen LogP contribution in [0, 0.1) is 10.1 Å². The summed E-state index contributed by atoms with van der Waals surface area (Å²) in [6.07, 6.45) is 0.371. The van der Waals surface area contributed by atoms with Gasteiger partial charge in [-0.1, -0.05) is 54.6 Å². The summed E-state index contributed by atoms with van der Waals surface area (Å²) in [5.41, 5.74) is 1.73. The molecule has 6 nitrogen and oxygen atoms in total. The van der Waals surface area contributed by atoms with E-state index in [0.29, 0.717) is 38.3 Å². The number of amides is 1. The number of para-hydroxylation sites is 2. The van der Waals surface area contributed by atoms with E-state index in [1.807, 2.05) is 34.1 Å². The van der Waals surface area contributed by atoms with Crippen LogP contribution < -0.4 is 4.90 Å². The predicted molar refractivity (Wildman–Crippen MR) is 110 cm³/mol. The molecule has 0 saturated carbocycles. The minimum Gasteiger partial charge on any atom is -0.362 e. The molecular weight excluding hydrogens is 354 g/mol. The number of rotatable bonds is 4. The first-order chi connectivity index (χ1) is 13.6. The van der Waals surface area contributed by atoms with Gasteiger partial charge in [0.1, 0.15) is 5.69 Å². The first-order valence-electron chi connectivity index (χ1n) is 9.35. The van der Waals surface area contributed by atoms with Crippen LogP contribution in [0.4, 0.5) is 11.4 Å². The number of fused-ring (bicyclic) bond motifs is 1. The Balaban J connectivity index is 1.40. The highest BCUT2D eigenvalue weighted by atomic mass is 16.6. The van der Waals surface area contributed by atoms with Crippen LogP contribution in [0.2, 0.25) is 0 Å². The van der Waals surface area contributed by atoms with Crippen LogP contribution in [-0.4, -0.2) is 41.9 Å². The summed E-state index contributed by atoms with van der Waals surface area (Å²) < 4.78 is 0. The zero-order valence-electron chi connectivity index (χ0n) is 15.5. The van der Waals surface area contributed by atoms with Crippen LogP contribution in [0.25, 0.3) is 10.8 Å². The van der Waals surface area contributed by atoms with Gasteiger partial charge in [0.25, 0.3) is 5.69 Å². The van der Waals surface area contributed by atoms with Crippen molar-refractivity contribution in [2.45, 2.75) is 6.42 Å². The predicted octanol–water partition coefficient (Wildman–Crippen LogP) is 3.64. The quantitative estimate of drug-likeness (QED) is 0.516. The van der Waals surface area contributed by atoms with E-state index in [-0.39, 0.29) is 16.5 Å². The molecule has 1 aliphatic heterocycles. The Morgan fingerprint density at radius 1 is 0.893 bits per heavy atom. The molecule has 0 aliphatic carbocycles. The molecule has 1 saturated heterocycles. The number of nitro benzene ring substituents is 1. The molecule has 6 heteroatoms.